The van der Waals surface area contributed by atoms with Gasteiger partial charge in [0.1, 0.15) is 12.6 Å². The number of carbonyl (C=O) groups is 3. The molecule has 2 aliphatic carbocycles. The molecule has 7 nitrogen and oxygen atoms in total. The summed E-state index contributed by atoms with van der Waals surface area (Å²) < 4.78 is 5.53. The highest BCUT2D eigenvalue weighted by Crippen LogP contribution is 2.44. The Morgan fingerprint density at radius 2 is 1.47 bits per heavy atom. The number of amides is 2. The van der Waals surface area contributed by atoms with E-state index in [4.69, 9.17) is 4.74 Å². The van der Waals surface area contributed by atoms with Crippen molar-refractivity contribution in [2.45, 2.75) is 44.1 Å². The molecule has 178 valence electrons. The van der Waals surface area contributed by atoms with Crippen molar-refractivity contribution in [1.82, 2.24) is 10.2 Å². The first-order valence-electron chi connectivity index (χ1n) is 12.1. The highest BCUT2D eigenvalue weighted by Gasteiger charge is 2.37. The van der Waals surface area contributed by atoms with E-state index in [1.165, 1.54) is 12.8 Å². The molecule has 34 heavy (non-hydrogen) atoms. The van der Waals surface area contributed by atoms with Crippen LogP contribution in [0.5, 0.6) is 0 Å². The molecular weight excluding hydrogens is 432 g/mol. The number of ether oxygens (including phenoxy) is 1. The van der Waals surface area contributed by atoms with E-state index in [1.807, 2.05) is 36.4 Å². The van der Waals surface area contributed by atoms with E-state index in [-0.39, 0.29) is 18.4 Å². The number of nitrogens with zero attached hydrogens (tertiary/aromatic N) is 1. The average Bonchev–Trinajstić information content (AvgIpc) is 3.65. The zero-order chi connectivity index (χ0) is 23.7. The fourth-order valence-electron chi connectivity index (χ4n) is 5.54. The Balaban J connectivity index is 1.21. The second-order valence-electron chi connectivity index (χ2n) is 9.62. The lowest BCUT2D eigenvalue weighted by Crippen LogP contribution is -2.51. The molecule has 0 radical (unpaired) electrons. The van der Waals surface area contributed by atoms with E-state index < -0.39 is 24.5 Å². The molecule has 1 unspecified atom stereocenters. The summed E-state index contributed by atoms with van der Waals surface area (Å²) in [6.07, 6.45) is 3.22. The number of carbonyl (C=O) groups excluding carboxylic acids is 2. The summed E-state index contributed by atoms with van der Waals surface area (Å²) in [6.45, 7) is 1.34. The van der Waals surface area contributed by atoms with Crippen LogP contribution in [0.15, 0.2) is 48.5 Å². The molecule has 1 aliphatic heterocycles. The van der Waals surface area contributed by atoms with E-state index in [1.54, 1.807) is 4.90 Å². The van der Waals surface area contributed by atoms with Crippen LogP contribution >= 0.6 is 0 Å². The van der Waals surface area contributed by atoms with Gasteiger partial charge in [-0.25, -0.2) is 4.79 Å². The smallest absolute Gasteiger partial charge is 0.407 e. The molecule has 0 bridgehead atoms. The van der Waals surface area contributed by atoms with Crippen LogP contribution in [0.1, 0.15) is 49.1 Å². The number of benzene rings is 2. The minimum absolute atomic E-state index is 0.103. The van der Waals surface area contributed by atoms with Gasteiger partial charge in [0, 0.05) is 19.0 Å². The summed E-state index contributed by atoms with van der Waals surface area (Å²) in [4.78, 5) is 38.8. The molecule has 0 aromatic heterocycles. The number of carboxylic acids is 1. The summed E-state index contributed by atoms with van der Waals surface area (Å²) in [5.41, 5.74) is 4.43. The lowest BCUT2D eigenvalue weighted by Gasteiger charge is -2.34. The number of likely N-dealkylation sites (tertiary alicyclic amines) is 1. The topological polar surface area (TPSA) is 95.9 Å². The predicted octanol–water partition coefficient (Wildman–Crippen LogP) is 4.02. The Morgan fingerprint density at radius 1 is 0.912 bits per heavy atom. The van der Waals surface area contributed by atoms with E-state index in [2.05, 4.69) is 17.4 Å². The molecule has 2 aromatic rings. The molecule has 1 saturated heterocycles. The molecule has 7 heteroatoms. The van der Waals surface area contributed by atoms with Crippen LogP contribution in [-0.2, 0) is 14.3 Å². The first kappa shape index (κ1) is 22.4. The molecule has 2 N–H and O–H groups in total. The van der Waals surface area contributed by atoms with E-state index >= 15 is 0 Å². The van der Waals surface area contributed by atoms with Gasteiger partial charge in [-0.1, -0.05) is 48.5 Å². The highest BCUT2D eigenvalue weighted by molar-refractivity contribution is 5.89. The number of hydrogen-bond donors (Lipinski definition) is 2. The molecule has 5 rings (SSSR count). The highest BCUT2D eigenvalue weighted by atomic mass is 16.5. The summed E-state index contributed by atoms with van der Waals surface area (Å²) in [7, 11) is 0. The molecule has 2 aromatic carbocycles. The fraction of sp³-hybridized carbons (Fsp3) is 0.444. The quantitative estimate of drug-likeness (QED) is 0.648. The normalized spacial score (nSPS) is 18.6. The number of hydrogen-bond acceptors (Lipinski definition) is 4. The van der Waals surface area contributed by atoms with Crippen LogP contribution in [0.4, 0.5) is 4.79 Å². The zero-order valence-electron chi connectivity index (χ0n) is 19.1. The zero-order valence-corrected chi connectivity index (χ0v) is 19.1. The number of piperidine rings is 1. The first-order valence-corrected chi connectivity index (χ1v) is 12.1. The fourth-order valence-corrected chi connectivity index (χ4v) is 5.54. The summed E-state index contributed by atoms with van der Waals surface area (Å²) in [5, 5.41) is 11.9. The lowest BCUT2D eigenvalue weighted by molar-refractivity contribution is -0.143. The van der Waals surface area contributed by atoms with Gasteiger partial charge in [-0.05, 0) is 59.8 Å². The van der Waals surface area contributed by atoms with E-state index in [9.17, 15) is 19.5 Å². The van der Waals surface area contributed by atoms with Gasteiger partial charge < -0.3 is 20.1 Å². The number of carboxylic acid groups (broad SMARTS) is 1. The van der Waals surface area contributed by atoms with E-state index in [0.29, 0.717) is 19.0 Å². The third-order valence-electron chi connectivity index (χ3n) is 7.45. The Bertz CT molecular complexity index is 1040. The number of fused-ring (bicyclic) bond motifs is 3. The maximum absolute atomic E-state index is 13.0. The lowest BCUT2D eigenvalue weighted by atomic mass is 9.92. The average molecular weight is 463 g/mol. The Hall–Kier alpha value is -3.35. The number of aliphatic carboxylic acids is 1. The molecule has 1 atom stereocenters. The van der Waals surface area contributed by atoms with Crippen molar-refractivity contribution in [1.29, 1.82) is 0 Å². The molecule has 2 fully saturated rings. The van der Waals surface area contributed by atoms with Crippen LogP contribution in [0.2, 0.25) is 0 Å². The Kier molecular flexibility index (Phi) is 6.26. The van der Waals surface area contributed by atoms with Crippen molar-refractivity contribution >= 4 is 18.0 Å². The van der Waals surface area contributed by atoms with Crippen LogP contribution in [0.3, 0.4) is 0 Å². The van der Waals surface area contributed by atoms with Crippen molar-refractivity contribution in [3.63, 3.8) is 0 Å². The van der Waals surface area contributed by atoms with Gasteiger partial charge in [-0.2, -0.15) is 0 Å². The van der Waals surface area contributed by atoms with Crippen molar-refractivity contribution in [3.8, 4) is 11.1 Å². The molecular formula is C27H30N2O5. The monoisotopic (exact) mass is 462 g/mol. The van der Waals surface area contributed by atoms with Crippen LogP contribution in [-0.4, -0.2) is 53.7 Å². The third-order valence-corrected chi connectivity index (χ3v) is 7.45. The van der Waals surface area contributed by atoms with Crippen molar-refractivity contribution in [3.05, 3.63) is 59.7 Å². The summed E-state index contributed by atoms with van der Waals surface area (Å²) in [5.74, 6) is -0.119. The molecule has 1 saturated carbocycles. The second-order valence-corrected chi connectivity index (χ2v) is 9.62. The van der Waals surface area contributed by atoms with Crippen LogP contribution in [0.25, 0.3) is 11.1 Å². The van der Waals surface area contributed by atoms with Crippen molar-refractivity contribution in [2.75, 3.05) is 19.7 Å². The van der Waals surface area contributed by atoms with Gasteiger partial charge >= 0.3 is 12.1 Å². The maximum atomic E-state index is 13.0. The summed E-state index contributed by atoms with van der Waals surface area (Å²) >= 11 is 0. The number of rotatable bonds is 7. The van der Waals surface area contributed by atoms with Crippen LogP contribution < -0.4 is 5.32 Å². The van der Waals surface area contributed by atoms with Gasteiger partial charge in [0.25, 0.3) is 0 Å². The van der Waals surface area contributed by atoms with Gasteiger partial charge in [0.2, 0.25) is 5.91 Å². The van der Waals surface area contributed by atoms with E-state index in [0.717, 1.165) is 41.0 Å². The molecule has 1 heterocycles. The number of nitrogens with one attached hydrogen (secondary N) is 1. The SMILES string of the molecule is O=C(O)CC(NC(=O)OCC1c2ccccc2-c2ccccc21)C(=O)N1CCC(C2CC2)CC1. The molecule has 0 spiro atoms. The van der Waals surface area contributed by atoms with Gasteiger partial charge in [0.15, 0.2) is 0 Å². The standard InChI is InChI=1S/C27H30N2O5/c30-25(31)15-24(26(32)29-13-11-18(12-14-29)17-9-10-17)28-27(33)34-16-23-21-7-3-1-5-19(21)20-6-2-4-8-22(20)23/h1-8,17-18,23-24H,9-16H2,(H,28,33)(H,30,31). The van der Waals surface area contributed by atoms with Gasteiger partial charge in [0.05, 0.1) is 6.42 Å². The second kappa shape index (κ2) is 9.49. The summed E-state index contributed by atoms with van der Waals surface area (Å²) in [6, 6.07) is 14.9. The van der Waals surface area contributed by atoms with Gasteiger partial charge in [-0.15, -0.1) is 0 Å². The Labute approximate surface area is 199 Å². The maximum Gasteiger partial charge on any atom is 0.407 e. The van der Waals surface area contributed by atoms with Crippen LogP contribution in [0, 0.1) is 11.8 Å². The minimum atomic E-state index is -1.13. The predicted molar refractivity (Wildman–Crippen MR) is 126 cm³/mol. The molecule has 2 amide bonds. The largest absolute Gasteiger partial charge is 0.481 e. The first-order chi connectivity index (χ1) is 16.5. The Morgan fingerprint density at radius 3 is 2.03 bits per heavy atom. The van der Waals surface area contributed by atoms with Gasteiger partial charge in [-0.3, -0.25) is 9.59 Å². The molecule has 3 aliphatic rings. The minimum Gasteiger partial charge on any atom is -0.481 e. The van der Waals surface area contributed by atoms with Crippen molar-refractivity contribution < 1.29 is 24.2 Å². The number of alkyl carbamates (subject to hydrolysis) is 1. The van der Waals surface area contributed by atoms with Crippen molar-refractivity contribution in [2.24, 2.45) is 11.8 Å². The third kappa shape index (κ3) is 4.65.